The van der Waals surface area contributed by atoms with E-state index in [0.717, 1.165) is 35.4 Å². The maximum Gasteiger partial charge on any atom is 0.251 e. The molecule has 1 atom stereocenters. The number of hydrogen-bond acceptors (Lipinski definition) is 8. The van der Waals surface area contributed by atoms with Crippen molar-refractivity contribution in [1.82, 2.24) is 25.3 Å². The Balaban J connectivity index is 1.19. The van der Waals surface area contributed by atoms with Crippen LogP contribution in [0.25, 0.3) is 22.3 Å². The summed E-state index contributed by atoms with van der Waals surface area (Å²) < 4.78 is 25.6. The lowest BCUT2D eigenvalue weighted by Gasteiger charge is -2.29. The molecule has 0 unspecified atom stereocenters. The number of nitrogens with one attached hydrogen (secondary N) is 1. The fourth-order valence-electron chi connectivity index (χ4n) is 4.75. The summed E-state index contributed by atoms with van der Waals surface area (Å²) in [5.74, 6) is 0.502. The molecule has 6 rings (SSSR count). The molecule has 1 N–H and O–H groups in total. The fraction of sp³-hybridized carbons (Fsp3) is 0.321. The number of carbonyl (C=O) groups excluding carboxylic acids is 1. The van der Waals surface area contributed by atoms with Gasteiger partial charge < -0.3 is 19.7 Å². The predicted molar refractivity (Wildman–Crippen MR) is 139 cm³/mol. The summed E-state index contributed by atoms with van der Waals surface area (Å²) in [7, 11) is 0. The summed E-state index contributed by atoms with van der Waals surface area (Å²) in [5, 5.41) is 3.76. The lowest BCUT2D eigenvalue weighted by atomic mass is 9.90. The first-order valence-electron chi connectivity index (χ1n) is 12.6. The predicted octanol–water partition coefficient (Wildman–Crippen LogP) is 3.57. The van der Waals surface area contributed by atoms with E-state index in [-0.39, 0.29) is 19.1 Å². The molecule has 2 aliphatic heterocycles. The molecular weight excluding hydrogens is 487 g/mol. The van der Waals surface area contributed by atoms with Crippen LogP contribution < -0.4 is 10.2 Å². The standard InChI is InChI=1S/C28H27FN6O3/c1-28(29)17-38-16-20-3-2-18(10-22(20)28)27(36)32-13-21-11-24-19(12-31-21)4-5-23(33-24)25-14-30-15-26(34-25)35-6-8-37-9-7-35/h2-5,10-12,14-15H,6-9,13,16-17H2,1H3,(H,32,36)/t28-/m1/s1. The molecule has 1 saturated heterocycles. The normalized spacial score (nSPS) is 19.3. The first-order valence-corrected chi connectivity index (χ1v) is 12.6. The van der Waals surface area contributed by atoms with Crippen molar-refractivity contribution < 1.29 is 18.7 Å². The molecule has 0 saturated carbocycles. The van der Waals surface area contributed by atoms with Gasteiger partial charge in [0, 0.05) is 30.2 Å². The molecule has 9 nitrogen and oxygen atoms in total. The van der Waals surface area contributed by atoms with Crippen LogP contribution in [-0.4, -0.2) is 58.8 Å². The van der Waals surface area contributed by atoms with E-state index in [0.29, 0.717) is 48.0 Å². The van der Waals surface area contributed by atoms with Crippen molar-refractivity contribution in [2.24, 2.45) is 0 Å². The molecule has 38 heavy (non-hydrogen) atoms. The smallest absolute Gasteiger partial charge is 0.251 e. The number of rotatable bonds is 5. The number of ether oxygens (including phenoxy) is 2. The second-order valence-corrected chi connectivity index (χ2v) is 9.67. The van der Waals surface area contributed by atoms with Crippen molar-refractivity contribution in [1.29, 1.82) is 0 Å². The molecule has 194 valence electrons. The highest BCUT2D eigenvalue weighted by atomic mass is 19.1. The van der Waals surface area contributed by atoms with Gasteiger partial charge in [-0.2, -0.15) is 0 Å². The number of morpholine rings is 1. The minimum absolute atomic E-state index is 0.0236. The Morgan fingerprint density at radius 2 is 1.92 bits per heavy atom. The van der Waals surface area contributed by atoms with Crippen LogP contribution >= 0.6 is 0 Å². The average molecular weight is 515 g/mol. The average Bonchev–Trinajstić information content (AvgIpc) is 2.96. The van der Waals surface area contributed by atoms with Crippen LogP contribution in [-0.2, 0) is 28.3 Å². The van der Waals surface area contributed by atoms with Crippen LogP contribution in [0.15, 0.2) is 55.0 Å². The summed E-state index contributed by atoms with van der Waals surface area (Å²) in [6, 6.07) is 10.7. The van der Waals surface area contributed by atoms with Gasteiger partial charge in [0.15, 0.2) is 5.67 Å². The van der Waals surface area contributed by atoms with Crippen molar-refractivity contribution in [2.45, 2.75) is 25.7 Å². The second kappa shape index (κ2) is 10.0. The molecular formula is C28H27FN6O3. The summed E-state index contributed by atoms with van der Waals surface area (Å²) >= 11 is 0. The summed E-state index contributed by atoms with van der Waals surface area (Å²) in [6.45, 7) is 4.89. The van der Waals surface area contributed by atoms with Gasteiger partial charge in [-0.05, 0) is 48.4 Å². The van der Waals surface area contributed by atoms with E-state index in [2.05, 4.69) is 20.2 Å². The second-order valence-electron chi connectivity index (χ2n) is 9.67. The van der Waals surface area contributed by atoms with E-state index in [9.17, 15) is 9.18 Å². The molecule has 2 aliphatic rings. The van der Waals surface area contributed by atoms with Crippen molar-refractivity contribution in [3.05, 3.63) is 77.4 Å². The number of carbonyl (C=O) groups is 1. The molecule has 0 radical (unpaired) electrons. The van der Waals surface area contributed by atoms with Crippen molar-refractivity contribution in [2.75, 3.05) is 37.8 Å². The topological polar surface area (TPSA) is 102 Å². The zero-order valence-electron chi connectivity index (χ0n) is 21.0. The van der Waals surface area contributed by atoms with Gasteiger partial charge in [0.1, 0.15) is 11.5 Å². The maximum absolute atomic E-state index is 14.9. The van der Waals surface area contributed by atoms with Gasteiger partial charge >= 0.3 is 0 Å². The van der Waals surface area contributed by atoms with Crippen molar-refractivity contribution in [3.63, 3.8) is 0 Å². The number of benzene rings is 1. The highest BCUT2D eigenvalue weighted by Gasteiger charge is 2.33. The van der Waals surface area contributed by atoms with Crippen LogP contribution in [0.4, 0.5) is 10.2 Å². The van der Waals surface area contributed by atoms with Gasteiger partial charge in [0.2, 0.25) is 0 Å². The molecule has 10 heteroatoms. The zero-order chi connectivity index (χ0) is 26.1. The Morgan fingerprint density at radius 1 is 1.05 bits per heavy atom. The van der Waals surface area contributed by atoms with Gasteiger partial charge in [-0.25, -0.2) is 14.4 Å². The summed E-state index contributed by atoms with van der Waals surface area (Å²) in [5.41, 5.74) is 2.81. The lowest BCUT2D eigenvalue weighted by Crippen LogP contribution is -2.36. The van der Waals surface area contributed by atoms with Crippen LogP contribution in [0, 0.1) is 0 Å². The quantitative estimate of drug-likeness (QED) is 0.431. The van der Waals surface area contributed by atoms with Crippen LogP contribution in [0.2, 0.25) is 0 Å². The van der Waals surface area contributed by atoms with Crippen LogP contribution in [0.1, 0.15) is 34.1 Å². The highest BCUT2D eigenvalue weighted by Crippen LogP contribution is 2.34. The Kier molecular flexibility index (Phi) is 6.42. The third-order valence-electron chi connectivity index (χ3n) is 6.84. The number of pyridine rings is 2. The highest BCUT2D eigenvalue weighted by molar-refractivity contribution is 5.94. The first kappa shape index (κ1) is 24.3. The molecule has 0 aliphatic carbocycles. The van der Waals surface area contributed by atoms with E-state index >= 15 is 0 Å². The third-order valence-corrected chi connectivity index (χ3v) is 6.84. The number of alkyl halides is 1. The van der Waals surface area contributed by atoms with Crippen LogP contribution in [0.5, 0.6) is 0 Å². The molecule has 0 bridgehead atoms. The third kappa shape index (κ3) is 4.92. The zero-order valence-corrected chi connectivity index (χ0v) is 21.0. The molecule has 5 heterocycles. The van der Waals surface area contributed by atoms with E-state index < -0.39 is 5.67 Å². The van der Waals surface area contributed by atoms with Crippen molar-refractivity contribution in [3.8, 4) is 11.4 Å². The molecule has 1 fully saturated rings. The molecule has 3 aromatic heterocycles. The molecule has 4 aromatic rings. The van der Waals surface area contributed by atoms with E-state index in [1.165, 1.54) is 6.92 Å². The van der Waals surface area contributed by atoms with Gasteiger partial charge in [0.05, 0.1) is 62.3 Å². The van der Waals surface area contributed by atoms with Crippen molar-refractivity contribution >= 4 is 22.6 Å². The van der Waals surface area contributed by atoms with Crippen LogP contribution in [0.3, 0.4) is 0 Å². The summed E-state index contributed by atoms with van der Waals surface area (Å²) in [6.07, 6.45) is 5.19. The largest absolute Gasteiger partial charge is 0.378 e. The Morgan fingerprint density at radius 3 is 2.79 bits per heavy atom. The van der Waals surface area contributed by atoms with Gasteiger partial charge in [-0.1, -0.05) is 6.07 Å². The number of nitrogens with zero attached hydrogens (tertiary/aromatic N) is 5. The number of hydrogen-bond donors (Lipinski definition) is 1. The van der Waals surface area contributed by atoms with Gasteiger partial charge in [0.25, 0.3) is 5.91 Å². The molecule has 1 amide bonds. The fourth-order valence-corrected chi connectivity index (χ4v) is 4.75. The van der Waals surface area contributed by atoms with Gasteiger partial charge in [-0.3, -0.25) is 14.8 Å². The number of amides is 1. The first-order chi connectivity index (χ1) is 18.5. The van der Waals surface area contributed by atoms with E-state index in [4.69, 9.17) is 19.4 Å². The monoisotopic (exact) mass is 514 g/mol. The number of fused-ring (bicyclic) bond motifs is 2. The minimum atomic E-state index is -1.63. The number of anilines is 1. The lowest BCUT2D eigenvalue weighted by molar-refractivity contribution is -0.00467. The number of aromatic nitrogens is 4. The van der Waals surface area contributed by atoms with Gasteiger partial charge in [-0.15, -0.1) is 0 Å². The minimum Gasteiger partial charge on any atom is -0.378 e. The molecule has 1 aromatic carbocycles. The SMILES string of the molecule is C[C@@]1(F)COCc2ccc(C(=O)NCc3cc4nc(-c5cncc(N6CCOCC6)n5)ccc4cn3)cc21. The Bertz CT molecular complexity index is 1510. The Labute approximate surface area is 219 Å². The molecule has 0 spiro atoms. The van der Waals surface area contributed by atoms with E-state index in [1.54, 1.807) is 36.8 Å². The Hall–Kier alpha value is -4.02. The van der Waals surface area contributed by atoms with E-state index in [1.807, 2.05) is 18.2 Å². The maximum atomic E-state index is 14.9. The number of halogens is 1. The summed E-state index contributed by atoms with van der Waals surface area (Å²) in [4.78, 5) is 33.4.